The lowest BCUT2D eigenvalue weighted by Crippen LogP contribution is -2.40. The van der Waals surface area contributed by atoms with Crippen LogP contribution in [0.3, 0.4) is 0 Å². The Morgan fingerprint density at radius 3 is 1.11 bits per heavy atom. The monoisotopic (exact) mass is 1920 g/mol. The number of alkyl halides is 2. The number of ketones is 1. The Hall–Kier alpha value is -12.2. The number of rotatable bonds is 26. The van der Waals surface area contributed by atoms with E-state index in [9.17, 15) is 42.3 Å². The Morgan fingerprint density at radius 1 is 0.409 bits per heavy atom. The van der Waals surface area contributed by atoms with Crippen LogP contribution in [0.25, 0.3) is 0 Å². The second-order valence-corrected chi connectivity index (χ2v) is 39.8. The molecule has 137 heavy (non-hydrogen) atoms. The van der Waals surface area contributed by atoms with E-state index in [1.54, 1.807) is 63.0 Å². The maximum Gasteiger partial charge on any atom is 0.298 e. The molecule has 0 bridgehead atoms. The lowest BCUT2D eigenvalue weighted by molar-refractivity contribution is -0.117. The molecule has 34 nitrogen and oxygen atoms in total. The van der Waals surface area contributed by atoms with Gasteiger partial charge in [-0.05, 0) is 181 Å². The number of likely N-dealkylation sites (tertiary alicyclic amines) is 2. The van der Waals surface area contributed by atoms with Gasteiger partial charge in [0.25, 0.3) is 41.9 Å². The van der Waals surface area contributed by atoms with Crippen LogP contribution in [0.5, 0.6) is 5.75 Å². The predicted octanol–water partition coefficient (Wildman–Crippen LogP) is 14.6. The van der Waals surface area contributed by atoms with Gasteiger partial charge in [-0.25, -0.2) is 13.8 Å². The van der Waals surface area contributed by atoms with Crippen LogP contribution in [-0.2, 0) is 4.79 Å². The number of Topliss-reactive ketones (excluding diaryl/α,β-unsaturated/α-hetero) is 1. The maximum atomic E-state index is 12.5. The van der Waals surface area contributed by atoms with Crippen molar-refractivity contribution in [2.45, 2.75) is 205 Å². The molecular weight excluding hydrogens is 1800 g/mol. The van der Waals surface area contributed by atoms with Crippen molar-refractivity contribution in [1.82, 2.24) is 82.6 Å². The number of ether oxygens (including phenoxy) is 1. The molecule has 6 aliphatic heterocycles. The second kappa shape index (κ2) is 44.1. The van der Waals surface area contributed by atoms with Crippen LogP contribution in [-0.4, -0.2) is 226 Å². The van der Waals surface area contributed by atoms with E-state index in [1.807, 2.05) is 60.7 Å². The van der Waals surface area contributed by atoms with E-state index in [0.717, 1.165) is 210 Å². The third-order valence-corrected chi connectivity index (χ3v) is 27.8. The van der Waals surface area contributed by atoms with E-state index in [-0.39, 0.29) is 77.3 Å². The van der Waals surface area contributed by atoms with Gasteiger partial charge in [0, 0.05) is 191 Å². The zero-order chi connectivity index (χ0) is 96.4. The summed E-state index contributed by atoms with van der Waals surface area (Å²) in [6, 6.07) is 34.3. The van der Waals surface area contributed by atoms with Gasteiger partial charge in [-0.3, -0.25) is 48.3 Å². The summed E-state index contributed by atoms with van der Waals surface area (Å²) >= 11 is 12.2. The van der Waals surface area contributed by atoms with E-state index in [0.29, 0.717) is 113 Å². The van der Waals surface area contributed by atoms with Crippen molar-refractivity contribution < 1.29 is 74.2 Å². The first-order valence-electron chi connectivity index (χ1n) is 47.8. The highest BCUT2D eigenvalue weighted by atomic mass is 35.5. The minimum atomic E-state index is -2.76. The topological polar surface area (TPSA) is 402 Å². The van der Waals surface area contributed by atoms with Crippen molar-refractivity contribution in [1.29, 1.82) is 0 Å². The number of hydrogen-bond acceptors (Lipinski definition) is 28. The van der Waals surface area contributed by atoms with E-state index in [4.69, 9.17) is 50.6 Å². The molecule has 7 aromatic heterocycles. The van der Waals surface area contributed by atoms with Crippen LogP contribution in [0, 0.1) is 35.5 Å². The van der Waals surface area contributed by atoms with Crippen LogP contribution in [0.1, 0.15) is 260 Å². The Balaban J connectivity index is 0.000000119. The fraction of sp³-hybridized carbons (Fsp3) is 0.525. The lowest BCUT2D eigenvalue weighted by Gasteiger charge is -2.20. The number of hydrogen-bond donors (Lipinski definition) is 6. The van der Waals surface area contributed by atoms with Gasteiger partial charge in [0.15, 0.2) is 34.2 Å². The number of carbonyl (C=O) groups is 7. The molecule has 11 fully saturated rings. The molecule has 6 amide bonds. The number of methoxy groups -OCH3 is 1. The van der Waals surface area contributed by atoms with Gasteiger partial charge in [0.1, 0.15) is 46.2 Å². The highest BCUT2D eigenvalue weighted by Crippen LogP contribution is 2.45. The fourth-order valence-corrected chi connectivity index (χ4v) is 18.5. The summed E-state index contributed by atoms with van der Waals surface area (Å²) < 4.78 is 60.7. The summed E-state index contributed by atoms with van der Waals surface area (Å²) in [7, 11) is 1.66. The third-order valence-electron chi connectivity index (χ3n) is 27.2. The Kier molecular flexibility index (Phi) is 31.5. The van der Waals surface area contributed by atoms with Crippen molar-refractivity contribution in [3.63, 3.8) is 0 Å². The summed E-state index contributed by atoms with van der Waals surface area (Å²) in [6.07, 6.45) is 13.6. The number of benzene rings is 3. The summed E-state index contributed by atoms with van der Waals surface area (Å²) in [5, 5.41) is 42.6. The minimum absolute atomic E-state index is 0.00315. The summed E-state index contributed by atoms with van der Waals surface area (Å²) in [6.45, 7) is 28.7. The smallest absolute Gasteiger partial charge is 0.298 e. The molecule has 0 spiro atoms. The van der Waals surface area contributed by atoms with Crippen LogP contribution in [0.15, 0.2) is 155 Å². The first-order chi connectivity index (χ1) is 66.0. The molecule has 12 atom stereocenters. The Bertz CT molecular complexity index is 5760. The summed E-state index contributed by atoms with van der Waals surface area (Å²) in [5.41, 5.74) is 5.05. The van der Waals surface area contributed by atoms with Gasteiger partial charge < -0.3 is 83.4 Å². The number of para-hydroxylation sites is 1. The molecule has 3 aromatic carbocycles. The van der Waals surface area contributed by atoms with Crippen molar-refractivity contribution >= 4 is 87.3 Å². The van der Waals surface area contributed by atoms with Crippen LogP contribution in [0.4, 0.5) is 31.7 Å². The van der Waals surface area contributed by atoms with Gasteiger partial charge >= 0.3 is 0 Å². The van der Waals surface area contributed by atoms with E-state index < -0.39 is 18.1 Å². The third kappa shape index (κ3) is 26.0. The standard InChI is InChI=1S/C19H23N3O3.2C18H20ClN3O2.C16H19N5O2.C15H21N3O3.C13H19F2N3O2/c1-12-10-22(14-5-7-15(24-2)8-6-14)11-17(12)20-19(23)16-9-18(25-21-16)13-3-4-13;1-11-9-22(14-6-4-13(19)5-7-14)10-16(11)20-18(23)15-8-17(24-21-15)12-2-3-12;1-11-9-22(16-5-3-2-4-13(16)19)10-15(11)20-18(23)14-8-17(24-21-14)12-6-7-12;1-10-8-21(15-7-17-4-5-18-15)9-13(10)19-16(22)12-6-14(23-20-12)11-2-3-11;1-9-6-18(7-10(2)19)8-13(9)16-15(20)12-5-14(21-17-12)11-3-4-11;1-7(2)18-5-8(3)10(6-18)16-13(19)9-4-11(12(14)15)20-17-9/h5-9,12-13,17H,3-4,10-11H2,1-2H3,(H,20,23);4-8,11-12,16H,2-3,9-10H2,1H3,(H,20,23);2-5,8,11-12,15H,6-7,9-10H2,1H3,(H,20,23);4-7,10-11,13H,2-3,8-9H2,1H3,(H,19,22);5,9,11,13H,3-4,6-8H2,1-2H3,(H,16,20);4,7-8,10,12H,5-6H2,1-3H3,(H,16,19)/t12-,17-;11-,16-;11-,15+;10-,13+;9-,13+;8-,10+/m110000/s1. The molecule has 730 valence electrons. The minimum Gasteiger partial charge on any atom is -0.497 e. The number of carbonyl (C=O) groups excluding carboxylic acids is 7. The molecule has 5 saturated carbocycles. The number of nitrogens with one attached hydrogen (secondary N) is 6. The van der Waals surface area contributed by atoms with Crippen LogP contribution in [0.2, 0.25) is 10.0 Å². The number of amides is 6. The van der Waals surface area contributed by atoms with E-state index in [1.165, 1.54) is 0 Å². The predicted molar refractivity (Wildman–Crippen MR) is 507 cm³/mol. The molecule has 10 aromatic rings. The van der Waals surface area contributed by atoms with Crippen molar-refractivity contribution in [3.05, 3.63) is 207 Å². The van der Waals surface area contributed by atoms with Gasteiger partial charge in [0.05, 0.1) is 54.7 Å². The molecule has 11 aliphatic rings. The molecule has 13 heterocycles. The summed E-state index contributed by atoms with van der Waals surface area (Å²) in [5.74, 6) is 8.43. The number of anilines is 4. The van der Waals surface area contributed by atoms with Crippen molar-refractivity contribution in [2.75, 3.05) is 112 Å². The quantitative estimate of drug-likeness (QED) is 0.0293. The molecule has 38 heteroatoms. The van der Waals surface area contributed by atoms with Gasteiger partial charge in [-0.1, -0.05) is 108 Å². The molecular formula is C99H122Cl2F2N20O14. The van der Waals surface area contributed by atoms with Crippen LogP contribution >= 0.6 is 23.2 Å². The van der Waals surface area contributed by atoms with Crippen LogP contribution < -0.4 is 56.2 Å². The average Bonchev–Trinajstić information content (AvgIpc) is 1.65. The summed E-state index contributed by atoms with van der Waals surface area (Å²) in [4.78, 5) is 107. The van der Waals surface area contributed by atoms with Crippen molar-refractivity contribution in [2.24, 2.45) is 35.5 Å². The molecule has 21 rings (SSSR count). The highest BCUT2D eigenvalue weighted by molar-refractivity contribution is 6.33. The van der Waals surface area contributed by atoms with Gasteiger partial charge in [-0.2, -0.15) is 0 Å². The molecule has 5 aliphatic carbocycles. The Labute approximate surface area is 804 Å². The van der Waals surface area contributed by atoms with Gasteiger partial charge in [-0.15, -0.1) is 0 Å². The lowest BCUT2D eigenvalue weighted by atomic mass is 10.1. The second-order valence-electron chi connectivity index (χ2n) is 39.0. The average molecular weight is 1930 g/mol. The highest BCUT2D eigenvalue weighted by Gasteiger charge is 2.42. The molecule has 0 radical (unpaired) electrons. The number of nitrogens with zero attached hydrogens (tertiary/aromatic N) is 14. The number of aromatic nitrogens is 8. The zero-order valence-corrected chi connectivity index (χ0v) is 80.4. The largest absolute Gasteiger partial charge is 0.497 e. The first kappa shape index (κ1) is 97.9. The maximum absolute atomic E-state index is 12.5. The van der Waals surface area contributed by atoms with E-state index in [2.05, 4.69) is 174 Å². The number of halogens is 4. The van der Waals surface area contributed by atoms with E-state index >= 15 is 0 Å². The normalized spacial score (nSPS) is 23.9. The SMILES string of the molecule is CC(=O)CN1C[C@H](C)[C@H](NC(=O)c2cc(C3CC3)on2)C1.CC(C)N1C[C@H](C)[C@H](NC(=O)c2cc(C(F)F)on2)C1.COc1ccc(N2C[C@@H](C)[C@H](NC(=O)c3cc(C4CC4)on3)C2)cc1.C[C@@H]1CN(c2ccc(Cl)cc2)C[C@H]1NC(=O)c1cc(C2CC2)on1.C[C@H]1CN(c2ccccc2Cl)C[C@H]1NC(=O)c1cc(C2CC2)on1.C[C@H]1CN(c2cnccn2)C[C@H]1NC(=O)c1cc(C2CC2)on1. The van der Waals surface area contributed by atoms with Crippen molar-refractivity contribution in [3.8, 4) is 5.75 Å². The fourth-order valence-electron chi connectivity index (χ4n) is 18.1. The zero-order valence-electron chi connectivity index (χ0n) is 78.8. The molecule has 6 saturated heterocycles. The molecule has 6 N–H and O–H groups in total. The first-order valence-corrected chi connectivity index (χ1v) is 48.5. The Morgan fingerprint density at radius 2 is 0.752 bits per heavy atom. The van der Waals surface area contributed by atoms with Gasteiger partial charge in [0.2, 0.25) is 5.76 Å². The molecule has 0 unspecified atom stereocenters.